The summed E-state index contributed by atoms with van der Waals surface area (Å²) < 4.78 is 0. The molecule has 0 aliphatic carbocycles. The third-order valence-corrected chi connectivity index (χ3v) is 1.54. The monoisotopic (exact) mass is 202 g/mol. The Bertz CT molecular complexity index is 149. The Labute approximate surface area is 91.6 Å². The molecule has 0 unspecified atom stereocenters. The van der Waals surface area contributed by atoms with Gasteiger partial charge in [0.2, 0.25) is 0 Å². The van der Waals surface area contributed by atoms with Gasteiger partial charge in [-0.15, -0.1) is 0 Å². The van der Waals surface area contributed by atoms with Crippen molar-refractivity contribution >= 4 is 5.78 Å². The zero-order valence-corrected chi connectivity index (χ0v) is 7.98. The Morgan fingerprint density at radius 1 is 1.07 bits per heavy atom. The smallest absolute Gasteiger partial charge is 0.141 e. The minimum absolute atomic E-state index is 0. The number of carbonyl (C=O) groups is 1. The lowest BCUT2D eigenvalue weighted by Gasteiger charge is -2.14. The van der Waals surface area contributed by atoms with Gasteiger partial charge < -0.3 is 0 Å². The molecule has 0 radical (unpaired) electrons. The van der Waals surface area contributed by atoms with Crippen molar-refractivity contribution in [2.75, 3.05) is 0 Å². The van der Waals surface area contributed by atoms with E-state index in [1.165, 1.54) is 0 Å². The van der Waals surface area contributed by atoms with Crippen LogP contribution in [0.4, 0.5) is 0 Å². The molecule has 0 spiro atoms. The van der Waals surface area contributed by atoms with Crippen molar-refractivity contribution < 1.29 is 4.79 Å². The van der Waals surface area contributed by atoms with Gasteiger partial charge in [-0.2, -0.15) is 0 Å². The first-order valence-electron chi connectivity index (χ1n) is 4.16. The summed E-state index contributed by atoms with van der Waals surface area (Å²) in [6.07, 6.45) is 5.58. The molecule has 1 heteroatoms. The average molecular weight is 202 g/mol. The van der Waals surface area contributed by atoms with E-state index in [1.54, 1.807) is 0 Å². The minimum atomic E-state index is -0.182. The van der Waals surface area contributed by atoms with Crippen molar-refractivity contribution in [3.8, 4) is 0 Å². The molecule has 0 aliphatic rings. The second-order valence-electron chi connectivity index (χ2n) is 3.76. The van der Waals surface area contributed by atoms with Crippen LogP contribution >= 0.6 is 0 Å². The van der Waals surface area contributed by atoms with Gasteiger partial charge in [0.05, 0.1) is 0 Å². The number of Topliss-reactive ketones (excluding diaryl/α,β-unsaturated/α-hetero) is 1. The van der Waals surface area contributed by atoms with Crippen molar-refractivity contribution in [2.45, 2.75) is 62.8 Å². The highest BCUT2D eigenvalue weighted by molar-refractivity contribution is 5.84. The lowest BCUT2D eigenvalue weighted by atomic mass is 9.89. The number of allylic oxidation sites excluding steroid dienone is 2. The van der Waals surface area contributed by atoms with Crippen molar-refractivity contribution in [1.82, 2.24) is 0 Å². The second kappa shape index (κ2) is 10.5. The molecule has 0 N–H and O–H groups in total. The Morgan fingerprint density at radius 3 is 1.79 bits per heavy atom. The quantitative estimate of drug-likeness (QED) is 0.597. The number of hydrogen-bond donors (Lipinski definition) is 0. The largest absolute Gasteiger partial charge is 0.299 e. The summed E-state index contributed by atoms with van der Waals surface area (Å²) in [6, 6.07) is 0. The van der Waals surface area contributed by atoms with Crippen LogP contribution in [0.1, 0.15) is 62.8 Å². The fourth-order valence-electron chi connectivity index (χ4n) is 0.663. The van der Waals surface area contributed by atoms with Gasteiger partial charge in [0, 0.05) is 11.8 Å². The van der Waals surface area contributed by atoms with E-state index in [9.17, 15) is 4.79 Å². The summed E-state index contributed by atoms with van der Waals surface area (Å²) in [5.74, 6) is 0.308. The van der Waals surface area contributed by atoms with E-state index in [4.69, 9.17) is 0 Å². The highest BCUT2D eigenvalue weighted by Gasteiger charge is 2.18. The van der Waals surface area contributed by atoms with Crippen molar-refractivity contribution in [2.24, 2.45) is 5.41 Å². The first-order valence-corrected chi connectivity index (χ1v) is 4.16. The van der Waals surface area contributed by atoms with E-state index in [-0.39, 0.29) is 27.7 Å². The molecule has 0 aromatic heterocycles. The van der Waals surface area contributed by atoms with E-state index in [2.05, 4.69) is 6.92 Å². The molecule has 0 saturated carbocycles. The molecule has 0 atom stereocenters. The standard InChI is InChI=1S/C10H18O.3CH4/c1-5-6-7-8-9(11)10(2,3)4;;;/h6-7H,5,8H2,1-4H3;3*1H4/b7-6-;;;. The summed E-state index contributed by atoms with van der Waals surface area (Å²) in [5, 5.41) is 0. The Morgan fingerprint density at radius 2 is 1.50 bits per heavy atom. The SMILES string of the molecule is C.C.C.CC/C=C\CC(=O)C(C)(C)C. The predicted molar refractivity (Wildman–Crippen MR) is 68.7 cm³/mol. The maximum atomic E-state index is 11.3. The number of carbonyl (C=O) groups excluding carboxylic acids is 1. The first kappa shape index (κ1) is 23.3. The van der Waals surface area contributed by atoms with E-state index in [0.29, 0.717) is 12.2 Å². The number of hydrogen-bond acceptors (Lipinski definition) is 1. The Kier molecular flexibility index (Phi) is 17.5. The molecule has 0 fully saturated rings. The molecule has 0 amide bonds. The maximum Gasteiger partial charge on any atom is 0.141 e. The molecule has 0 aliphatic heterocycles. The van der Waals surface area contributed by atoms with Gasteiger partial charge in [-0.3, -0.25) is 4.79 Å². The molecule has 0 heterocycles. The van der Waals surface area contributed by atoms with Crippen LogP contribution in [-0.2, 0) is 4.79 Å². The summed E-state index contributed by atoms with van der Waals surface area (Å²) in [5.41, 5.74) is -0.182. The minimum Gasteiger partial charge on any atom is -0.299 e. The summed E-state index contributed by atoms with van der Waals surface area (Å²) >= 11 is 0. The highest BCUT2D eigenvalue weighted by atomic mass is 16.1. The summed E-state index contributed by atoms with van der Waals surface area (Å²) in [4.78, 5) is 11.3. The molecule has 0 saturated heterocycles. The lowest BCUT2D eigenvalue weighted by molar-refractivity contribution is -0.125. The van der Waals surface area contributed by atoms with Crippen molar-refractivity contribution in [1.29, 1.82) is 0 Å². The first-order chi connectivity index (χ1) is 4.98. The molecular formula is C13H30O. The van der Waals surface area contributed by atoms with Gasteiger partial charge >= 0.3 is 0 Å². The summed E-state index contributed by atoms with van der Waals surface area (Å²) in [7, 11) is 0. The summed E-state index contributed by atoms with van der Waals surface area (Å²) in [6.45, 7) is 7.93. The lowest BCUT2D eigenvalue weighted by Crippen LogP contribution is -2.18. The van der Waals surface area contributed by atoms with Gasteiger partial charge in [0.25, 0.3) is 0 Å². The van der Waals surface area contributed by atoms with Crippen LogP contribution in [0.5, 0.6) is 0 Å². The van der Waals surface area contributed by atoms with Crippen LogP contribution in [0.15, 0.2) is 12.2 Å². The average Bonchev–Trinajstić information content (AvgIpc) is 1.86. The van der Waals surface area contributed by atoms with Gasteiger partial charge in [-0.05, 0) is 6.42 Å². The van der Waals surface area contributed by atoms with Crippen molar-refractivity contribution in [3.05, 3.63) is 12.2 Å². The van der Waals surface area contributed by atoms with Crippen LogP contribution in [0.2, 0.25) is 0 Å². The molecule has 0 bridgehead atoms. The second-order valence-corrected chi connectivity index (χ2v) is 3.76. The molecule has 0 rings (SSSR count). The molecule has 1 nitrogen and oxygen atoms in total. The van der Waals surface area contributed by atoms with E-state index >= 15 is 0 Å². The zero-order chi connectivity index (χ0) is 8.91. The third kappa shape index (κ3) is 11.4. The Hall–Kier alpha value is -0.590. The third-order valence-electron chi connectivity index (χ3n) is 1.54. The van der Waals surface area contributed by atoms with Gasteiger partial charge in [0.15, 0.2) is 0 Å². The normalized spacial score (nSPS) is 9.71. The molecular weight excluding hydrogens is 172 g/mol. The maximum absolute atomic E-state index is 11.3. The molecule has 0 aromatic carbocycles. The van der Waals surface area contributed by atoms with Crippen molar-refractivity contribution in [3.63, 3.8) is 0 Å². The zero-order valence-electron chi connectivity index (χ0n) is 7.98. The van der Waals surface area contributed by atoms with E-state index in [1.807, 2.05) is 32.9 Å². The fraction of sp³-hybridized carbons (Fsp3) is 0.769. The highest BCUT2D eigenvalue weighted by Crippen LogP contribution is 2.16. The van der Waals surface area contributed by atoms with Crippen LogP contribution < -0.4 is 0 Å². The van der Waals surface area contributed by atoms with Gasteiger partial charge in [-0.25, -0.2) is 0 Å². The van der Waals surface area contributed by atoms with Crippen LogP contribution in [0, 0.1) is 5.41 Å². The van der Waals surface area contributed by atoms with E-state index < -0.39 is 0 Å². The van der Waals surface area contributed by atoms with Crippen LogP contribution in [0.3, 0.4) is 0 Å². The fourth-order valence-corrected chi connectivity index (χ4v) is 0.663. The topological polar surface area (TPSA) is 17.1 Å². The molecule has 0 aromatic rings. The molecule has 88 valence electrons. The molecule has 14 heavy (non-hydrogen) atoms. The predicted octanol–water partition coefficient (Wildman–Crippen LogP) is 4.87. The van der Waals surface area contributed by atoms with E-state index in [0.717, 1.165) is 6.42 Å². The van der Waals surface area contributed by atoms with Gasteiger partial charge in [0.1, 0.15) is 5.78 Å². The van der Waals surface area contributed by atoms with Crippen LogP contribution in [-0.4, -0.2) is 5.78 Å². The van der Waals surface area contributed by atoms with Crippen LogP contribution in [0.25, 0.3) is 0 Å². The number of ketones is 1. The van der Waals surface area contributed by atoms with Gasteiger partial charge in [-0.1, -0.05) is 62.1 Å². The number of rotatable bonds is 3. The Balaban J connectivity index is -0.000000167.